The highest BCUT2D eigenvalue weighted by Gasteiger charge is 2.24. The van der Waals surface area contributed by atoms with Crippen molar-refractivity contribution in [1.82, 2.24) is 39.9 Å². The van der Waals surface area contributed by atoms with Crippen molar-refractivity contribution < 1.29 is 8.83 Å². The van der Waals surface area contributed by atoms with E-state index in [0.29, 0.717) is 46.7 Å². The summed E-state index contributed by atoms with van der Waals surface area (Å²) >= 11 is 3.46. The van der Waals surface area contributed by atoms with E-state index in [-0.39, 0.29) is 0 Å². The lowest BCUT2D eigenvalue weighted by atomic mass is 10.0. The van der Waals surface area contributed by atoms with Gasteiger partial charge in [-0.2, -0.15) is 0 Å². The van der Waals surface area contributed by atoms with Gasteiger partial charge in [0.2, 0.25) is 11.8 Å². The van der Waals surface area contributed by atoms with Crippen LogP contribution in [0.3, 0.4) is 0 Å². The topological polar surface area (TPSA) is 129 Å². The summed E-state index contributed by atoms with van der Waals surface area (Å²) in [6, 6.07) is 116. The maximum Gasteiger partial charge on any atom is 0.228 e. The highest BCUT2D eigenvalue weighted by Crippen LogP contribution is 2.47. The molecule has 20 rings (SSSR count). The molecule has 104 heavy (non-hydrogen) atoms. The summed E-state index contributed by atoms with van der Waals surface area (Å²) in [6.07, 6.45) is 0. The molecule has 10 nitrogen and oxygen atoms in total. The van der Waals surface area contributed by atoms with Crippen molar-refractivity contribution in [3.05, 3.63) is 340 Å². The SMILES string of the molecule is c1ccc(-c2ccc(-c3nc(-c4ccc(-c5ccccc5)cc4)nc(-c4cccc5sc6c(-c7nc8ccccc8o7)cccc6c45)n3)cc2)cc1.c1ccc(-c2ccc(-c3nc(-c4cccc(-c5ccccc5)c4)nc(-c4cccc5sc6c(-c7nc8ccccc8o7)cccc6c45)n3)cc2)cc1. The first-order valence-electron chi connectivity index (χ1n) is 34.3. The number of hydrogen-bond acceptors (Lipinski definition) is 12. The molecule has 12 heteroatoms. The van der Waals surface area contributed by atoms with Gasteiger partial charge >= 0.3 is 0 Å². The number of para-hydroxylation sites is 4. The average Bonchev–Trinajstić information content (AvgIpc) is 1.59. The number of aromatic nitrogens is 8. The summed E-state index contributed by atoms with van der Waals surface area (Å²) in [5.41, 5.74) is 19.9. The monoisotopic (exact) mass is 1370 g/mol. The Morgan fingerprint density at radius 2 is 0.490 bits per heavy atom. The van der Waals surface area contributed by atoms with Gasteiger partial charge in [0.1, 0.15) is 11.0 Å². The molecule has 0 aliphatic heterocycles. The minimum absolute atomic E-state index is 0.613. The predicted molar refractivity (Wildman–Crippen MR) is 426 cm³/mol. The second-order valence-electron chi connectivity index (χ2n) is 25.3. The van der Waals surface area contributed by atoms with Gasteiger partial charge < -0.3 is 8.83 Å². The standard InChI is InChI=1S/2C46H28N4OS/c1-3-12-29(13-4-1)31-24-26-32(27-25-31)43-48-44(34-17-9-16-33(28-34)30-14-5-2-6-15-30)50-45(49-43)36-19-11-23-40-41(36)35-18-10-20-37(42(35)52-40)46-47-38-21-7-8-22-39(38)51-46;1-3-11-29(12-4-1)31-21-25-33(26-22-31)43-48-44(34-27-23-32(24-28-34)30-13-5-2-6-14-30)50-45(49-43)36-16-10-20-40-41(36)35-15-9-17-37(42(35)52-40)46-47-38-18-7-8-19-39(38)51-46/h2*1-28H. The molecule has 20 aromatic rings. The van der Waals surface area contributed by atoms with Gasteiger partial charge in [-0.05, 0) is 99.1 Å². The zero-order valence-electron chi connectivity index (χ0n) is 55.5. The van der Waals surface area contributed by atoms with E-state index in [9.17, 15) is 0 Å². The van der Waals surface area contributed by atoms with Gasteiger partial charge in [-0.15, -0.1) is 22.7 Å². The third-order valence-electron chi connectivity index (χ3n) is 18.8. The zero-order valence-corrected chi connectivity index (χ0v) is 57.2. The van der Waals surface area contributed by atoms with E-state index < -0.39 is 0 Å². The van der Waals surface area contributed by atoms with Crippen LogP contribution in [-0.4, -0.2) is 39.9 Å². The van der Waals surface area contributed by atoms with Gasteiger partial charge in [-0.3, -0.25) is 0 Å². The molecule has 0 unspecified atom stereocenters. The predicted octanol–water partition coefficient (Wildman–Crippen LogP) is 24.8. The van der Waals surface area contributed by atoms with Crippen LogP contribution in [0, 0.1) is 0 Å². The Labute approximate surface area is 605 Å². The van der Waals surface area contributed by atoms with Crippen LogP contribution in [0.2, 0.25) is 0 Å². The van der Waals surface area contributed by atoms with Crippen molar-refractivity contribution in [3.63, 3.8) is 0 Å². The molecule has 0 N–H and O–H groups in total. The summed E-state index contributed by atoms with van der Waals surface area (Å²) in [7, 11) is 0. The molecule has 14 aromatic carbocycles. The summed E-state index contributed by atoms with van der Waals surface area (Å²) in [5, 5.41) is 4.42. The Balaban J connectivity index is 0.000000143. The fraction of sp³-hybridized carbons (Fsp3) is 0. The summed E-state index contributed by atoms with van der Waals surface area (Å²) < 4.78 is 17.0. The van der Waals surface area contributed by atoms with Crippen molar-refractivity contribution in [2.75, 3.05) is 0 Å². The number of thiophene rings is 2. The normalized spacial score (nSPS) is 11.5. The van der Waals surface area contributed by atoms with Gasteiger partial charge in [-0.25, -0.2) is 39.9 Å². The van der Waals surface area contributed by atoms with E-state index in [1.165, 1.54) is 0 Å². The molecule has 0 saturated heterocycles. The maximum absolute atomic E-state index is 6.24. The average molecular weight is 1370 g/mol. The number of rotatable bonds is 12. The first kappa shape index (κ1) is 61.6. The van der Waals surface area contributed by atoms with Crippen molar-refractivity contribution in [1.29, 1.82) is 0 Å². The van der Waals surface area contributed by atoms with E-state index >= 15 is 0 Å². The summed E-state index contributed by atoms with van der Waals surface area (Å²) in [6.45, 7) is 0. The third kappa shape index (κ3) is 11.7. The molecule has 0 bridgehead atoms. The highest BCUT2D eigenvalue weighted by molar-refractivity contribution is 7.27. The molecular formula is C92H56N8O2S2. The van der Waals surface area contributed by atoms with E-state index in [1.807, 2.05) is 72.8 Å². The first-order valence-corrected chi connectivity index (χ1v) is 35.9. The Hall–Kier alpha value is -13.5. The number of benzene rings is 14. The summed E-state index contributed by atoms with van der Waals surface area (Å²) in [5.74, 6) is 4.95. The molecule has 488 valence electrons. The largest absolute Gasteiger partial charge is 0.436 e. The van der Waals surface area contributed by atoms with Gasteiger partial charge in [0.15, 0.2) is 46.1 Å². The van der Waals surface area contributed by atoms with Crippen LogP contribution in [0.4, 0.5) is 0 Å². The molecule has 0 saturated carbocycles. The molecule has 0 radical (unpaired) electrons. The van der Waals surface area contributed by atoms with E-state index in [4.69, 9.17) is 48.7 Å². The molecule has 0 aliphatic rings. The number of hydrogen-bond donors (Lipinski definition) is 0. The Morgan fingerprint density at radius 1 is 0.202 bits per heavy atom. The molecule has 6 aromatic heterocycles. The van der Waals surface area contributed by atoms with Crippen LogP contribution in [0.5, 0.6) is 0 Å². The summed E-state index contributed by atoms with van der Waals surface area (Å²) in [4.78, 5) is 40.5. The van der Waals surface area contributed by atoms with Crippen molar-refractivity contribution in [2.24, 2.45) is 0 Å². The second kappa shape index (κ2) is 26.5. The zero-order chi connectivity index (χ0) is 68.9. The van der Waals surface area contributed by atoms with Crippen LogP contribution >= 0.6 is 22.7 Å². The minimum Gasteiger partial charge on any atom is -0.436 e. The Morgan fingerprint density at radius 3 is 0.885 bits per heavy atom. The van der Waals surface area contributed by atoms with Crippen LogP contribution in [0.1, 0.15) is 0 Å². The fourth-order valence-electron chi connectivity index (χ4n) is 13.7. The first-order chi connectivity index (χ1) is 51.5. The molecule has 6 heterocycles. The van der Waals surface area contributed by atoms with E-state index in [2.05, 4.69) is 267 Å². The Kier molecular flexibility index (Phi) is 15.7. The molecule has 0 aliphatic carbocycles. The lowest BCUT2D eigenvalue weighted by Crippen LogP contribution is -2.00. The van der Waals surface area contributed by atoms with Crippen LogP contribution in [0.25, 0.3) is 198 Å². The van der Waals surface area contributed by atoms with Crippen molar-refractivity contribution >= 4 is 85.2 Å². The second-order valence-corrected chi connectivity index (χ2v) is 27.4. The van der Waals surface area contributed by atoms with E-state index in [1.54, 1.807) is 22.7 Å². The molecule has 0 fully saturated rings. The number of oxazole rings is 2. The number of nitrogens with zero attached hydrogens (tertiary/aromatic N) is 8. The lowest BCUT2D eigenvalue weighted by Gasteiger charge is -2.11. The van der Waals surface area contributed by atoms with Gasteiger partial charge in [0, 0.05) is 73.7 Å². The minimum atomic E-state index is 0.613. The van der Waals surface area contributed by atoms with Crippen LogP contribution < -0.4 is 0 Å². The molecule has 0 amide bonds. The van der Waals surface area contributed by atoms with Crippen molar-refractivity contribution in [3.8, 4) is 136 Å². The quantitative estimate of drug-likeness (QED) is 0.117. The molecule has 0 spiro atoms. The Bertz CT molecular complexity index is 6410. The molecule has 0 atom stereocenters. The van der Waals surface area contributed by atoms with E-state index in [0.717, 1.165) is 152 Å². The fourth-order valence-corrected chi connectivity index (χ4v) is 16.2. The smallest absolute Gasteiger partial charge is 0.228 e. The van der Waals surface area contributed by atoms with Crippen molar-refractivity contribution in [2.45, 2.75) is 0 Å². The van der Waals surface area contributed by atoms with Crippen LogP contribution in [0.15, 0.2) is 349 Å². The third-order valence-corrected chi connectivity index (χ3v) is 21.2. The van der Waals surface area contributed by atoms with Gasteiger partial charge in [0.05, 0.1) is 11.1 Å². The maximum atomic E-state index is 6.24. The number of fused-ring (bicyclic) bond motifs is 8. The van der Waals surface area contributed by atoms with Crippen LogP contribution in [-0.2, 0) is 0 Å². The lowest BCUT2D eigenvalue weighted by molar-refractivity contribution is 0.620. The van der Waals surface area contributed by atoms with Gasteiger partial charge in [0.25, 0.3) is 0 Å². The highest BCUT2D eigenvalue weighted by atomic mass is 32.1. The molecular weight excluding hydrogens is 1310 g/mol. The van der Waals surface area contributed by atoms with Gasteiger partial charge in [-0.1, -0.05) is 285 Å².